The van der Waals surface area contributed by atoms with Crippen LogP contribution in [-0.4, -0.2) is 26.6 Å². The summed E-state index contributed by atoms with van der Waals surface area (Å²) < 4.78 is 39.0. The van der Waals surface area contributed by atoms with Gasteiger partial charge in [0.25, 0.3) is 5.91 Å². The van der Waals surface area contributed by atoms with Crippen molar-refractivity contribution in [2.24, 2.45) is 0 Å². The molecular weight excluding hydrogens is 402 g/mol. The van der Waals surface area contributed by atoms with Crippen LogP contribution in [0.1, 0.15) is 23.2 Å². The van der Waals surface area contributed by atoms with Gasteiger partial charge in [-0.3, -0.25) is 9.10 Å². The second kappa shape index (κ2) is 7.42. The lowest BCUT2D eigenvalue weighted by Crippen LogP contribution is -2.38. The third-order valence-corrected chi connectivity index (χ3v) is 6.47. The highest BCUT2D eigenvalue weighted by Gasteiger charge is 2.28. The molecule has 2 aromatic rings. The molecule has 0 aliphatic carbocycles. The first-order chi connectivity index (χ1) is 12.3. The molecule has 1 fully saturated rings. The minimum absolute atomic E-state index is 0.0494. The van der Waals surface area contributed by atoms with Crippen LogP contribution in [0.4, 0.5) is 15.8 Å². The van der Waals surface area contributed by atoms with Gasteiger partial charge in [0.15, 0.2) is 0 Å². The van der Waals surface area contributed by atoms with Crippen LogP contribution in [0.5, 0.6) is 0 Å². The lowest BCUT2D eigenvalue weighted by atomic mass is 10.1. The number of amides is 1. The molecule has 0 radical (unpaired) electrons. The minimum atomic E-state index is -3.45. The smallest absolute Gasteiger partial charge is 0.255 e. The zero-order valence-corrected chi connectivity index (χ0v) is 15.8. The fourth-order valence-electron chi connectivity index (χ4n) is 2.68. The van der Waals surface area contributed by atoms with Crippen molar-refractivity contribution in [3.8, 4) is 0 Å². The van der Waals surface area contributed by atoms with Crippen molar-refractivity contribution < 1.29 is 17.6 Å². The van der Waals surface area contributed by atoms with E-state index in [1.165, 1.54) is 34.6 Å². The van der Waals surface area contributed by atoms with Gasteiger partial charge in [-0.2, -0.15) is 0 Å². The van der Waals surface area contributed by atoms with Gasteiger partial charge in [0.2, 0.25) is 10.0 Å². The molecule has 1 aliphatic rings. The third-order valence-electron chi connectivity index (χ3n) is 4.00. The highest BCUT2D eigenvalue weighted by Crippen LogP contribution is 2.32. The molecule has 0 aromatic heterocycles. The standard InChI is InChI=1S/C17H15Cl2FN2O3S/c18-13-5-3-11(9-16(13)22-7-1-2-8-26(22,24)25)17(23)21-12-4-6-15(20)14(19)10-12/h3-6,9-10H,1-2,7-8H2,(H,21,23). The monoisotopic (exact) mass is 416 g/mol. The molecular formula is C17H15Cl2FN2O3S. The second-order valence-corrected chi connectivity index (χ2v) is 8.67. The Kier molecular flexibility index (Phi) is 5.41. The highest BCUT2D eigenvalue weighted by atomic mass is 35.5. The van der Waals surface area contributed by atoms with Gasteiger partial charge in [-0.05, 0) is 49.2 Å². The van der Waals surface area contributed by atoms with Gasteiger partial charge in [0.1, 0.15) is 5.82 Å². The van der Waals surface area contributed by atoms with Crippen LogP contribution in [0, 0.1) is 5.82 Å². The normalized spacial score (nSPS) is 16.3. The Balaban J connectivity index is 1.89. The molecule has 0 unspecified atom stereocenters. The molecule has 1 aliphatic heterocycles. The van der Waals surface area contributed by atoms with E-state index >= 15 is 0 Å². The molecule has 0 atom stereocenters. The van der Waals surface area contributed by atoms with Crippen LogP contribution in [0.2, 0.25) is 10.0 Å². The number of nitrogens with one attached hydrogen (secondary N) is 1. The topological polar surface area (TPSA) is 66.5 Å². The van der Waals surface area contributed by atoms with Gasteiger partial charge in [-0.15, -0.1) is 0 Å². The molecule has 3 rings (SSSR count). The number of hydrogen-bond donors (Lipinski definition) is 1. The predicted octanol–water partition coefficient (Wildman–Crippen LogP) is 4.31. The van der Waals surface area contributed by atoms with Crippen molar-refractivity contribution in [3.63, 3.8) is 0 Å². The third kappa shape index (κ3) is 3.95. The molecule has 138 valence electrons. The first-order valence-corrected chi connectivity index (χ1v) is 10.2. The van der Waals surface area contributed by atoms with E-state index in [4.69, 9.17) is 23.2 Å². The number of rotatable bonds is 3. The van der Waals surface area contributed by atoms with Crippen LogP contribution in [0.3, 0.4) is 0 Å². The van der Waals surface area contributed by atoms with E-state index < -0.39 is 21.7 Å². The molecule has 0 saturated carbocycles. The van der Waals surface area contributed by atoms with E-state index in [-0.39, 0.29) is 27.0 Å². The van der Waals surface area contributed by atoms with Crippen LogP contribution < -0.4 is 9.62 Å². The molecule has 26 heavy (non-hydrogen) atoms. The average Bonchev–Trinajstić information content (AvgIpc) is 2.58. The van der Waals surface area contributed by atoms with Crippen LogP contribution in [0.15, 0.2) is 36.4 Å². The number of halogens is 3. The van der Waals surface area contributed by atoms with E-state index in [2.05, 4.69) is 5.32 Å². The van der Waals surface area contributed by atoms with E-state index in [9.17, 15) is 17.6 Å². The van der Waals surface area contributed by atoms with Gasteiger partial charge in [-0.25, -0.2) is 12.8 Å². The second-order valence-electron chi connectivity index (χ2n) is 5.84. The zero-order valence-electron chi connectivity index (χ0n) is 13.5. The SMILES string of the molecule is O=C(Nc1ccc(F)c(Cl)c1)c1ccc(Cl)c(N2CCCCS2(=O)=O)c1. The van der Waals surface area contributed by atoms with Gasteiger partial charge < -0.3 is 5.32 Å². The first-order valence-electron chi connectivity index (χ1n) is 7.84. The number of sulfonamides is 1. The maximum absolute atomic E-state index is 13.2. The summed E-state index contributed by atoms with van der Waals surface area (Å²) in [6.07, 6.45) is 1.32. The highest BCUT2D eigenvalue weighted by molar-refractivity contribution is 7.92. The van der Waals surface area contributed by atoms with Gasteiger partial charge in [0.05, 0.1) is 21.5 Å². The Hall–Kier alpha value is -1.83. The minimum Gasteiger partial charge on any atom is -0.322 e. The predicted molar refractivity (Wildman–Crippen MR) is 101 cm³/mol. The number of nitrogens with zero attached hydrogens (tertiary/aromatic N) is 1. The Morgan fingerprint density at radius 3 is 2.54 bits per heavy atom. The molecule has 0 spiro atoms. The Morgan fingerprint density at radius 2 is 1.85 bits per heavy atom. The fourth-order valence-corrected chi connectivity index (χ4v) is 4.78. The van der Waals surface area contributed by atoms with Gasteiger partial charge in [0, 0.05) is 17.8 Å². The molecule has 1 N–H and O–H groups in total. The van der Waals surface area contributed by atoms with Crippen LogP contribution in [-0.2, 0) is 10.0 Å². The zero-order chi connectivity index (χ0) is 18.9. The van der Waals surface area contributed by atoms with Gasteiger partial charge >= 0.3 is 0 Å². The summed E-state index contributed by atoms with van der Waals surface area (Å²) in [6, 6.07) is 8.22. The van der Waals surface area contributed by atoms with Crippen molar-refractivity contribution >= 4 is 50.5 Å². The molecule has 0 bridgehead atoms. The van der Waals surface area contributed by atoms with E-state index in [0.29, 0.717) is 18.7 Å². The Bertz CT molecular complexity index is 966. The lowest BCUT2D eigenvalue weighted by molar-refractivity contribution is 0.102. The molecule has 1 amide bonds. The molecule has 1 saturated heterocycles. The number of carbonyl (C=O) groups excluding carboxylic acids is 1. The molecule has 5 nitrogen and oxygen atoms in total. The van der Waals surface area contributed by atoms with E-state index in [0.717, 1.165) is 12.5 Å². The number of hydrogen-bond acceptors (Lipinski definition) is 3. The summed E-state index contributed by atoms with van der Waals surface area (Å²) in [5.41, 5.74) is 0.824. The number of carbonyl (C=O) groups is 1. The lowest BCUT2D eigenvalue weighted by Gasteiger charge is -2.29. The van der Waals surface area contributed by atoms with E-state index in [1.807, 2.05) is 0 Å². The molecule has 1 heterocycles. The van der Waals surface area contributed by atoms with Crippen molar-refractivity contribution in [3.05, 3.63) is 57.8 Å². The summed E-state index contributed by atoms with van der Waals surface area (Å²) in [5.74, 6) is -1.03. The summed E-state index contributed by atoms with van der Waals surface area (Å²) in [6.45, 7) is 0.320. The largest absolute Gasteiger partial charge is 0.322 e. The average molecular weight is 417 g/mol. The van der Waals surface area contributed by atoms with Gasteiger partial charge in [-0.1, -0.05) is 23.2 Å². The van der Waals surface area contributed by atoms with Crippen molar-refractivity contribution in [2.45, 2.75) is 12.8 Å². The maximum atomic E-state index is 13.2. The number of benzene rings is 2. The Labute approximate surface area is 160 Å². The quantitative estimate of drug-likeness (QED) is 0.809. The van der Waals surface area contributed by atoms with Crippen molar-refractivity contribution in [2.75, 3.05) is 21.9 Å². The van der Waals surface area contributed by atoms with Crippen molar-refractivity contribution in [1.82, 2.24) is 0 Å². The van der Waals surface area contributed by atoms with Crippen LogP contribution >= 0.6 is 23.2 Å². The molecule has 2 aromatic carbocycles. The number of anilines is 2. The van der Waals surface area contributed by atoms with Crippen molar-refractivity contribution in [1.29, 1.82) is 0 Å². The maximum Gasteiger partial charge on any atom is 0.255 e. The van der Waals surface area contributed by atoms with E-state index in [1.54, 1.807) is 0 Å². The summed E-state index contributed by atoms with van der Waals surface area (Å²) in [5, 5.41) is 2.73. The molecule has 9 heteroatoms. The Morgan fingerprint density at radius 1 is 1.08 bits per heavy atom. The summed E-state index contributed by atoms with van der Waals surface area (Å²) >= 11 is 11.9. The fraction of sp³-hybridized carbons (Fsp3) is 0.235. The van der Waals surface area contributed by atoms with Crippen LogP contribution in [0.25, 0.3) is 0 Å². The summed E-state index contributed by atoms with van der Waals surface area (Å²) in [4.78, 5) is 12.5. The summed E-state index contributed by atoms with van der Waals surface area (Å²) in [7, 11) is -3.45. The first kappa shape index (κ1) is 18.9.